The lowest BCUT2D eigenvalue weighted by atomic mass is 9.77. The molecule has 2 fully saturated rings. The summed E-state index contributed by atoms with van der Waals surface area (Å²) in [6, 6.07) is 2.53. The van der Waals surface area contributed by atoms with Gasteiger partial charge in [0, 0.05) is 18.1 Å². The maximum Gasteiger partial charge on any atom is 0.0124 e. The average molecular weight is 266 g/mol. The molecule has 1 N–H and O–H groups in total. The zero-order chi connectivity index (χ0) is 13.8. The number of rotatable bonds is 7. The second kappa shape index (κ2) is 7.08. The molecule has 0 saturated carbocycles. The fourth-order valence-corrected chi connectivity index (χ4v) is 4.57. The molecule has 0 aromatic rings. The van der Waals surface area contributed by atoms with E-state index in [0.29, 0.717) is 0 Å². The van der Waals surface area contributed by atoms with E-state index in [1.807, 2.05) is 0 Å². The van der Waals surface area contributed by atoms with Crippen LogP contribution in [0.15, 0.2) is 0 Å². The van der Waals surface area contributed by atoms with Gasteiger partial charge < -0.3 is 10.2 Å². The van der Waals surface area contributed by atoms with Crippen molar-refractivity contribution in [2.24, 2.45) is 11.8 Å². The summed E-state index contributed by atoms with van der Waals surface area (Å²) in [5.74, 6) is 1.80. The Labute approximate surface area is 120 Å². The third-order valence-electron chi connectivity index (χ3n) is 5.83. The fourth-order valence-electron chi connectivity index (χ4n) is 4.57. The Kier molecular flexibility index (Phi) is 5.70. The molecule has 3 atom stereocenters. The first kappa shape index (κ1) is 15.3. The van der Waals surface area contributed by atoms with Crippen molar-refractivity contribution in [3.8, 4) is 0 Å². The first-order chi connectivity index (χ1) is 9.21. The van der Waals surface area contributed by atoms with Crippen molar-refractivity contribution in [2.45, 2.75) is 83.8 Å². The van der Waals surface area contributed by atoms with Gasteiger partial charge in [0.1, 0.15) is 0 Å². The molecule has 2 aliphatic rings. The lowest BCUT2D eigenvalue weighted by Crippen LogP contribution is -2.49. The zero-order valence-electron chi connectivity index (χ0n) is 13.5. The van der Waals surface area contributed by atoms with Crippen LogP contribution < -0.4 is 5.32 Å². The lowest BCUT2D eigenvalue weighted by Gasteiger charge is -2.42. The minimum absolute atomic E-state index is 0.770. The van der Waals surface area contributed by atoms with E-state index in [2.05, 4.69) is 38.0 Å². The summed E-state index contributed by atoms with van der Waals surface area (Å²) in [6.45, 7) is 8.23. The second-order valence-corrected chi connectivity index (χ2v) is 6.84. The van der Waals surface area contributed by atoms with Crippen molar-refractivity contribution < 1.29 is 0 Å². The summed E-state index contributed by atoms with van der Waals surface area (Å²) in [7, 11) is 2.35. The lowest BCUT2D eigenvalue weighted by molar-refractivity contribution is 0.0931. The third-order valence-corrected chi connectivity index (χ3v) is 5.83. The highest BCUT2D eigenvalue weighted by atomic mass is 15.2. The van der Waals surface area contributed by atoms with Crippen molar-refractivity contribution in [1.82, 2.24) is 10.2 Å². The molecule has 112 valence electrons. The van der Waals surface area contributed by atoms with Crippen LogP contribution in [0.25, 0.3) is 0 Å². The standard InChI is InChI=1S/C17H34N2/c1-5-10-18-17(13(6-2)7-3)14-11-15-8-9-16(12-14)19(15)4/h13-18H,5-12H2,1-4H3. The molecule has 0 aromatic carbocycles. The second-order valence-electron chi connectivity index (χ2n) is 6.84. The first-order valence-corrected chi connectivity index (χ1v) is 8.66. The van der Waals surface area contributed by atoms with Crippen LogP contribution in [0.1, 0.15) is 65.7 Å². The summed E-state index contributed by atoms with van der Waals surface area (Å²) >= 11 is 0. The van der Waals surface area contributed by atoms with E-state index >= 15 is 0 Å². The number of nitrogens with one attached hydrogen (secondary N) is 1. The van der Waals surface area contributed by atoms with E-state index in [-0.39, 0.29) is 0 Å². The van der Waals surface area contributed by atoms with Gasteiger partial charge in [-0.05, 0) is 57.5 Å². The van der Waals surface area contributed by atoms with Crippen LogP contribution in [0, 0.1) is 11.8 Å². The van der Waals surface area contributed by atoms with Gasteiger partial charge >= 0.3 is 0 Å². The van der Waals surface area contributed by atoms with Crippen molar-refractivity contribution >= 4 is 0 Å². The smallest absolute Gasteiger partial charge is 0.0124 e. The summed E-state index contributed by atoms with van der Waals surface area (Å²) in [5, 5.41) is 3.91. The number of piperidine rings is 1. The minimum Gasteiger partial charge on any atom is -0.313 e. The molecular formula is C17H34N2. The summed E-state index contributed by atoms with van der Waals surface area (Å²) in [4.78, 5) is 2.67. The zero-order valence-corrected chi connectivity index (χ0v) is 13.5. The Morgan fingerprint density at radius 3 is 2.11 bits per heavy atom. The molecule has 0 radical (unpaired) electrons. The maximum atomic E-state index is 3.91. The highest BCUT2D eigenvalue weighted by Gasteiger charge is 2.41. The highest BCUT2D eigenvalue weighted by Crippen LogP contribution is 2.40. The molecule has 3 unspecified atom stereocenters. The topological polar surface area (TPSA) is 15.3 Å². The van der Waals surface area contributed by atoms with E-state index in [9.17, 15) is 0 Å². The molecule has 0 amide bonds. The Morgan fingerprint density at radius 1 is 1.05 bits per heavy atom. The molecule has 2 heteroatoms. The van der Waals surface area contributed by atoms with Crippen LogP contribution in [-0.2, 0) is 0 Å². The Hall–Kier alpha value is -0.0800. The van der Waals surface area contributed by atoms with E-state index in [0.717, 1.165) is 30.0 Å². The van der Waals surface area contributed by atoms with Crippen LogP contribution in [0.3, 0.4) is 0 Å². The van der Waals surface area contributed by atoms with Gasteiger partial charge in [0.05, 0.1) is 0 Å². The van der Waals surface area contributed by atoms with Crippen LogP contribution >= 0.6 is 0 Å². The number of fused-ring (bicyclic) bond motifs is 2. The molecule has 19 heavy (non-hydrogen) atoms. The molecule has 2 saturated heterocycles. The molecule has 2 bridgehead atoms. The molecule has 2 nitrogen and oxygen atoms in total. The Morgan fingerprint density at radius 2 is 1.63 bits per heavy atom. The van der Waals surface area contributed by atoms with Gasteiger partial charge in [0.15, 0.2) is 0 Å². The van der Waals surface area contributed by atoms with Crippen LogP contribution in [0.2, 0.25) is 0 Å². The molecule has 0 aromatic heterocycles. The van der Waals surface area contributed by atoms with Gasteiger partial charge in [0.25, 0.3) is 0 Å². The van der Waals surface area contributed by atoms with Crippen LogP contribution in [0.5, 0.6) is 0 Å². The van der Waals surface area contributed by atoms with Crippen LogP contribution in [-0.4, -0.2) is 36.6 Å². The average Bonchev–Trinajstić information content (AvgIpc) is 2.66. The van der Waals surface area contributed by atoms with Crippen LogP contribution in [0.4, 0.5) is 0 Å². The highest BCUT2D eigenvalue weighted by molar-refractivity contribution is 4.97. The maximum absolute atomic E-state index is 3.91. The van der Waals surface area contributed by atoms with E-state index in [1.54, 1.807) is 0 Å². The molecule has 0 spiro atoms. The fraction of sp³-hybridized carbons (Fsp3) is 1.00. The number of nitrogens with zero attached hydrogens (tertiary/aromatic N) is 1. The van der Waals surface area contributed by atoms with Gasteiger partial charge in [-0.1, -0.05) is 33.6 Å². The quantitative estimate of drug-likeness (QED) is 0.756. The molecular weight excluding hydrogens is 232 g/mol. The molecule has 2 rings (SSSR count). The summed E-state index contributed by atoms with van der Waals surface area (Å²) in [6.07, 6.45) is 9.69. The first-order valence-electron chi connectivity index (χ1n) is 8.66. The predicted molar refractivity (Wildman–Crippen MR) is 83.5 cm³/mol. The van der Waals surface area contributed by atoms with E-state index in [1.165, 1.54) is 51.5 Å². The number of hydrogen-bond donors (Lipinski definition) is 1. The monoisotopic (exact) mass is 266 g/mol. The van der Waals surface area contributed by atoms with Crippen molar-refractivity contribution in [2.75, 3.05) is 13.6 Å². The van der Waals surface area contributed by atoms with Gasteiger partial charge in [-0.3, -0.25) is 0 Å². The summed E-state index contributed by atoms with van der Waals surface area (Å²) in [5.41, 5.74) is 0. The summed E-state index contributed by atoms with van der Waals surface area (Å²) < 4.78 is 0. The molecule has 0 aliphatic carbocycles. The van der Waals surface area contributed by atoms with Crippen molar-refractivity contribution in [3.63, 3.8) is 0 Å². The molecule has 2 heterocycles. The third kappa shape index (κ3) is 3.33. The number of hydrogen-bond acceptors (Lipinski definition) is 2. The van der Waals surface area contributed by atoms with Crippen molar-refractivity contribution in [3.05, 3.63) is 0 Å². The molecule has 2 aliphatic heterocycles. The van der Waals surface area contributed by atoms with Gasteiger partial charge in [-0.15, -0.1) is 0 Å². The Bertz CT molecular complexity index is 248. The largest absolute Gasteiger partial charge is 0.313 e. The normalized spacial score (nSPS) is 33.0. The SMILES string of the molecule is CCCNC(C(CC)CC)C1CC2CCC(C1)N2C. The van der Waals surface area contributed by atoms with E-state index < -0.39 is 0 Å². The Balaban J connectivity index is 2.01. The van der Waals surface area contributed by atoms with E-state index in [4.69, 9.17) is 0 Å². The van der Waals surface area contributed by atoms with Gasteiger partial charge in [-0.2, -0.15) is 0 Å². The van der Waals surface area contributed by atoms with Crippen molar-refractivity contribution in [1.29, 1.82) is 0 Å². The van der Waals surface area contributed by atoms with Gasteiger partial charge in [0.2, 0.25) is 0 Å². The minimum atomic E-state index is 0.770. The van der Waals surface area contributed by atoms with Gasteiger partial charge in [-0.25, -0.2) is 0 Å². The predicted octanol–water partition coefficient (Wildman–Crippen LogP) is 3.66.